The molecule has 0 aromatic heterocycles. The Morgan fingerprint density at radius 1 is 1.46 bits per heavy atom. The lowest BCUT2D eigenvalue weighted by Crippen LogP contribution is -2.35. The highest BCUT2D eigenvalue weighted by molar-refractivity contribution is 5.79. The van der Waals surface area contributed by atoms with E-state index >= 15 is 0 Å². The molecular weight excluding hydrogens is 180 g/mol. The highest BCUT2D eigenvalue weighted by Gasteiger charge is 1.99. The first-order valence-electron chi connectivity index (χ1n) is 3.40. The van der Waals surface area contributed by atoms with E-state index in [2.05, 4.69) is 15.4 Å². The first-order chi connectivity index (χ1) is 6.16. The summed E-state index contributed by atoms with van der Waals surface area (Å²) in [4.78, 5) is 30.3. The van der Waals surface area contributed by atoms with E-state index in [0.717, 1.165) is 0 Å². The average molecular weight is 190 g/mol. The minimum Gasteiger partial charge on any atom is -0.480 e. The third kappa shape index (κ3) is 8.27. The summed E-state index contributed by atoms with van der Waals surface area (Å²) in [6.07, 6.45) is 0.387. The van der Waals surface area contributed by atoms with Crippen molar-refractivity contribution in [1.29, 1.82) is 0 Å². The zero-order valence-corrected chi connectivity index (χ0v) is 6.78. The quantitative estimate of drug-likeness (QED) is 0.242. The zero-order valence-electron chi connectivity index (χ0n) is 6.78. The van der Waals surface area contributed by atoms with Crippen LogP contribution in [0.4, 0.5) is 0 Å². The van der Waals surface area contributed by atoms with Crippen molar-refractivity contribution >= 4 is 18.3 Å². The number of hydrogen-bond donors (Lipinski definition) is 3. The van der Waals surface area contributed by atoms with E-state index in [4.69, 9.17) is 5.11 Å². The molecule has 7 nitrogen and oxygen atoms in total. The minimum absolute atomic E-state index is 0.153. The molecule has 7 heteroatoms. The summed E-state index contributed by atoms with van der Waals surface area (Å²) in [6.45, 7) is -0.813. The van der Waals surface area contributed by atoms with Gasteiger partial charge in [-0.05, 0) is 0 Å². The van der Waals surface area contributed by atoms with Crippen LogP contribution in [-0.4, -0.2) is 43.3 Å². The third-order valence-electron chi connectivity index (χ3n) is 0.943. The van der Waals surface area contributed by atoms with Gasteiger partial charge in [0.15, 0.2) is 0 Å². The molecule has 0 unspecified atom stereocenters. The van der Waals surface area contributed by atoms with Crippen LogP contribution in [0.1, 0.15) is 0 Å². The number of nitrogens with one attached hydrogen (secondary N) is 2. The van der Waals surface area contributed by atoms with Gasteiger partial charge in [0, 0.05) is 0 Å². The van der Waals surface area contributed by atoms with Gasteiger partial charge in [0.05, 0.1) is 6.54 Å². The minimum atomic E-state index is -1.11. The van der Waals surface area contributed by atoms with Crippen LogP contribution in [0.25, 0.3) is 0 Å². The highest BCUT2D eigenvalue weighted by atomic mass is 16.5. The predicted molar refractivity (Wildman–Crippen MR) is 40.7 cm³/mol. The van der Waals surface area contributed by atoms with E-state index in [1.165, 1.54) is 0 Å². The molecule has 0 rings (SSSR count). The van der Waals surface area contributed by atoms with Gasteiger partial charge in [0.1, 0.15) is 13.3 Å². The maximum atomic E-state index is 10.7. The van der Waals surface area contributed by atoms with Crippen LogP contribution >= 0.6 is 0 Å². The fourth-order valence-corrected chi connectivity index (χ4v) is 0.467. The molecule has 0 saturated heterocycles. The Bertz CT molecular complexity index is 193. The van der Waals surface area contributed by atoms with Crippen LogP contribution in [-0.2, 0) is 19.1 Å². The van der Waals surface area contributed by atoms with Crippen molar-refractivity contribution in [2.75, 3.05) is 19.9 Å². The summed E-state index contributed by atoms with van der Waals surface area (Å²) in [5.74, 6) is -1.56. The van der Waals surface area contributed by atoms with Crippen LogP contribution in [0, 0.1) is 0 Å². The topological polar surface area (TPSA) is 105 Å². The third-order valence-corrected chi connectivity index (χ3v) is 0.943. The largest absolute Gasteiger partial charge is 0.480 e. The maximum absolute atomic E-state index is 10.7. The fourth-order valence-electron chi connectivity index (χ4n) is 0.467. The predicted octanol–water partition coefficient (Wildman–Crippen LogP) is -2.09. The molecule has 3 N–H and O–H groups in total. The Balaban J connectivity index is 3.26. The Labute approximate surface area is 74.1 Å². The van der Waals surface area contributed by atoms with Gasteiger partial charge in [-0.2, -0.15) is 0 Å². The number of aliphatic carboxylic acids is 1. The molecule has 0 spiro atoms. The van der Waals surface area contributed by atoms with Crippen LogP contribution in [0.2, 0.25) is 0 Å². The SMILES string of the molecule is O=CNCC(=O)NCOCC(=O)O. The number of rotatable bonds is 7. The van der Waals surface area contributed by atoms with E-state index in [0.29, 0.717) is 6.41 Å². The van der Waals surface area contributed by atoms with Gasteiger partial charge in [-0.1, -0.05) is 0 Å². The second-order valence-corrected chi connectivity index (χ2v) is 1.99. The van der Waals surface area contributed by atoms with Gasteiger partial charge in [-0.25, -0.2) is 4.79 Å². The molecule has 0 heterocycles. The Hall–Kier alpha value is -1.63. The fraction of sp³-hybridized carbons (Fsp3) is 0.500. The van der Waals surface area contributed by atoms with Gasteiger partial charge in [0.2, 0.25) is 12.3 Å². The van der Waals surface area contributed by atoms with Crippen molar-refractivity contribution < 1.29 is 24.2 Å². The van der Waals surface area contributed by atoms with Gasteiger partial charge in [0.25, 0.3) is 0 Å². The highest BCUT2D eigenvalue weighted by Crippen LogP contribution is 1.71. The lowest BCUT2D eigenvalue weighted by Gasteiger charge is -2.03. The monoisotopic (exact) mass is 190 g/mol. The molecular formula is C6H10N2O5. The number of carbonyl (C=O) groups is 3. The van der Waals surface area contributed by atoms with Crippen LogP contribution < -0.4 is 10.6 Å². The number of carbonyl (C=O) groups excluding carboxylic acids is 2. The van der Waals surface area contributed by atoms with E-state index in [1.54, 1.807) is 0 Å². The van der Waals surface area contributed by atoms with Gasteiger partial charge in [-0.15, -0.1) is 0 Å². The van der Waals surface area contributed by atoms with Gasteiger partial charge in [-0.3, -0.25) is 9.59 Å². The summed E-state index contributed by atoms with van der Waals surface area (Å²) in [7, 11) is 0. The molecule has 0 atom stereocenters. The molecule has 13 heavy (non-hydrogen) atoms. The average Bonchev–Trinajstić information content (AvgIpc) is 2.08. The first-order valence-corrected chi connectivity index (χ1v) is 3.40. The number of ether oxygens (including phenoxy) is 1. The molecule has 0 aromatic rings. The molecule has 0 saturated carbocycles. The van der Waals surface area contributed by atoms with Gasteiger partial charge < -0.3 is 20.5 Å². The zero-order chi connectivity index (χ0) is 10.1. The molecule has 0 aromatic carbocycles. The number of amides is 2. The molecule has 2 amide bonds. The van der Waals surface area contributed by atoms with E-state index in [9.17, 15) is 14.4 Å². The summed E-state index contributed by atoms with van der Waals surface area (Å²) >= 11 is 0. The summed E-state index contributed by atoms with van der Waals surface area (Å²) in [5, 5.41) is 12.5. The number of carboxylic acid groups (broad SMARTS) is 1. The summed E-state index contributed by atoms with van der Waals surface area (Å²) in [6, 6.07) is 0. The van der Waals surface area contributed by atoms with Crippen molar-refractivity contribution in [2.24, 2.45) is 0 Å². The molecule has 0 aliphatic carbocycles. The Morgan fingerprint density at radius 3 is 2.69 bits per heavy atom. The van der Waals surface area contributed by atoms with Crippen LogP contribution in [0.3, 0.4) is 0 Å². The second-order valence-electron chi connectivity index (χ2n) is 1.99. The van der Waals surface area contributed by atoms with Gasteiger partial charge >= 0.3 is 5.97 Å². The van der Waals surface area contributed by atoms with Crippen LogP contribution in [0.15, 0.2) is 0 Å². The maximum Gasteiger partial charge on any atom is 0.329 e. The molecule has 0 fully saturated rings. The summed E-state index contributed by atoms with van der Waals surface area (Å²) < 4.78 is 4.50. The Morgan fingerprint density at radius 2 is 2.15 bits per heavy atom. The smallest absolute Gasteiger partial charge is 0.329 e. The second kappa shape index (κ2) is 7.04. The standard InChI is InChI=1S/C6H10N2O5/c9-3-7-1-5(10)8-4-13-2-6(11)12/h3H,1-2,4H2,(H,7,9)(H,8,10)(H,11,12). The van der Waals surface area contributed by atoms with E-state index < -0.39 is 18.5 Å². The lowest BCUT2D eigenvalue weighted by molar-refractivity contribution is -0.143. The van der Waals surface area contributed by atoms with Crippen molar-refractivity contribution in [1.82, 2.24) is 10.6 Å². The van der Waals surface area contributed by atoms with Crippen molar-refractivity contribution in [3.8, 4) is 0 Å². The van der Waals surface area contributed by atoms with Crippen molar-refractivity contribution in [2.45, 2.75) is 0 Å². The molecule has 0 bridgehead atoms. The molecule has 0 aliphatic rings. The number of carboxylic acids is 1. The first kappa shape index (κ1) is 11.4. The molecule has 0 radical (unpaired) electrons. The van der Waals surface area contributed by atoms with Crippen LogP contribution in [0.5, 0.6) is 0 Å². The van der Waals surface area contributed by atoms with Crippen molar-refractivity contribution in [3.05, 3.63) is 0 Å². The van der Waals surface area contributed by atoms with E-state index in [-0.39, 0.29) is 13.3 Å². The number of hydrogen-bond acceptors (Lipinski definition) is 4. The molecule has 0 aliphatic heterocycles. The van der Waals surface area contributed by atoms with Crippen molar-refractivity contribution in [3.63, 3.8) is 0 Å². The van der Waals surface area contributed by atoms with E-state index in [1.807, 2.05) is 0 Å². The normalized spacial score (nSPS) is 8.92. The Kier molecular flexibility index (Phi) is 6.16. The summed E-state index contributed by atoms with van der Waals surface area (Å²) in [5.41, 5.74) is 0. The molecule has 74 valence electrons. The lowest BCUT2D eigenvalue weighted by atomic mass is 10.6.